The molecule has 0 saturated carbocycles. The first kappa shape index (κ1) is 12.0. The number of hydrogen-bond acceptors (Lipinski definition) is 1. The van der Waals surface area contributed by atoms with Crippen molar-refractivity contribution in [1.82, 2.24) is 0 Å². The van der Waals surface area contributed by atoms with E-state index in [9.17, 15) is 0 Å². The average molecular weight is 204 g/mol. The van der Waals surface area contributed by atoms with Crippen LogP contribution in [-0.2, 0) is 4.74 Å². The van der Waals surface area contributed by atoms with Crippen LogP contribution < -0.4 is 0 Å². The fraction of sp³-hybridized carbons (Fsp3) is 0.429. The summed E-state index contributed by atoms with van der Waals surface area (Å²) < 4.78 is 5.60. The fourth-order valence-corrected chi connectivity index (χ4v) is 1.88. The Hall–Kier alpha value is -1.08. The molecule has 15 heavy (non-hydrogen) atoms. The Morgan fingerprint density at radius 2 is 1.87 bits per heavy atom. The van der Waals surface area contributed by atoms with Crippen molar-refractivity contribution in [2.45, 2.75) is 26.9 Å². The molecule has 1 nitrogen and oxygen atoms in total. The van der Waals surface area contributed by atoms with E-state index in [0.29, 0.717) is 0 Å². The molecule has 0 aromatic heterocycles. The summed E-state index contributed by atoms with van der Waals surface area (Å²) in [5, 5.41) is 0. The third kappa shape index (κ3) is 2.69. The van der Waals surface area contributed by atoms with Gasteiger partial charge in [0.2, 0.25) is 0 Å². The summed E-state index contributed by atoms with van der Waals surface area (Å²) in [6.45, 7) is 10.4. The van der Waals surface area contributed by atoms with E-state index in [1.807, 2.05) is 18.2 Å². The lowest BCUT2D eigenvalue weighted by Crippen LogP contribution is -2.20. The molecule has 0 amide bonds. The van der Waals surface area contributed by atoms with E-state index in [-0.39, 0.29) is 11.5 Å². The zero-order valence-corrected chi connectivity index (χ0v) is 10.1. The normalized spacial score (nSPS) is 13.6. The first-order valence-corrected chi connectivity index (χ1v) is 5.25. The van der Waals surface area contributed by atoms with Crippen LogP contribution in [0.25, 0.3) is 6.08 Å². The van der Waals surface area contributed by atoms with Crippen LogP contribution in [0.3, 0.4) is 0 Å². The van der Waals surface area contributed by atoms with Gasteiger partial charge < -0.3 is 4.74 Å². The topological polar surface area (TPSA) is 9.23 Å². The van der Waals surface area contributed by atoms with Crippen LogP contribution in [0.5, 0.6) is 0 Å². The monoisotopic (exact) mass is 204 g/mol. The van der Waals surface area contributed by atoms with Crippen LogP contribution in [0.4, 0.5) is 0 Å². The molecule has 0 aliphatic rings. The Bertz CT molecular complexity index is 333. The van der Waals surface area contributed by atoms with E-state index in [2.05, 4.69) is 39.5 Å². The smallest absolute Gasteiger partial charge is 0.0875 e. The van der Waals surface area contributed by atoms with Gasteiger partial charge in [0.15, 0.2) is 0 Å². The Balaban J connectivity index is 3.17. The van der Waals surface area contributed by atoms with Crippen molar-refractivity contribution < 1.29 is 4.74 Å². The van der Waals surface area contributed by atoms with Gasteiger partial charge in [0.1, 0.15) is 0 Å². The highest BCUT2D eigenvalue weighted by Gasteiger charge is 2.27. The Labute approximate surface area is 92.8 Å². The van der Waals surface area contributed by atoms with Crippen LogP contribution in [0.15, 0.2) is 30.8 Å². The van der Waals surface area contributed by atoms with E-state index in [0.717, 1.165) is 5.56 Å². The van der Waals surface area contributed by atoms with E-state index in [4.69, 9.17) is 4.74 Å². The number of hydrogen-bond donors (Lipinski definition) is 0. The van der Waals surface area contributed by atoms with E-state index in [1.165, 1.54) is 5.56 Å². The second kappa shape index (κ2) is 4.63. The molecule has 0 spiro atoms. The highest BCUT2D eigenvalue weighted by Crippen LogP contribution is 2.37. The van der Waals surface area contributed by atoms with Gasteiger partial charge in [0, 0.05) is 7.11 Å². The molecule has 1 aromatic carbocycles. The lowest BCUT2D eigenvalue weighted by Gasteiger charge is -2.30. The fourth-order valence-electron chi connectivity index (χ4n) is 1.88. The molecule has 0 aliphatic carbocycles. The highest BCUT2D eigenvalue weighted by atomic mass is 16.5. The minimum Gasteiger partial charge on any atom is -0.376 e. The zero-order chi connectivity index (χ0) is 11.5. The minimum absolute atomic E-state index is 0.0911. The van der Waals surface area contributed by atoms with E-state index in [1.54, 1.807) is 7.11 Å². The van der Waals surface area contributed by atoms with Crippen LogP contribution >= 0.6 is 0 Å². The van der Waals surface area contributed by atoms with Crippen molar-refractivity contribution >= 4 is 6.08 Å². The van der Waals surface area contributed by atoms with Gasteiger partial charge in [-0.3, -0.25) is 0 Å². The number of benzene rings is 1. The largest absolute Gasteiger partial charge is 0.376 e. The maximum atomic E-state index is 5.60. The molecule has 0 radical (unpaired) electrons. The number of ether oxygens (including phenoxy) is 1. The third-order valence-electron chi connectivity index (χ3n) is 2.52. The lowest BCUT2D eigenvalue weighted by atomic mass is 9.83. The molecular weight excluding hydrogens is 184 g/mol. The summed E-state index contributed by atoms with van der Waals surface area (Å²) in [6, 6.07) is 8.24. The van der Waals surface area contributed by atoms with Crippen LogP contribution in [0.1, 0.15) is 38.0 Å². The number of rotatable bonds is 3. The molecule has 0 heterocycles. The van der Waals surface area contributed by atoms with E-state index < -0.39 is 0 Å². The van der Waals surface area contributed by atoms with Gasteiger partial charge in [-0.25, -0.2) is 0 Å². The lowest BCUT2D eigenvalue weighted by molar-refractivity contribution is 0.0151. The van der Waals surface area contributed by atoms with Crippen molar-refractivity contribution in [1.29, 1.82) is 0 Å². The van der Waals surface area contributed by atoms with Crippen LogP contribution in [-0.4, -0.2) is 7.11 Å². The van der Waals surface area contributed by atoms with Gasteiger partial charge in [0.05, 0.1) is 6.10 Å². The Morgan fingerprint density at radius 1 is 1.27 bits per heavy atom. The molecule has 0 N–H and O–H groups in total. The van der Waals surface area contributed by atoms with Crippen LogP contribution in [0, 0.1) is 5.41 Å². The molecule has 1 heteroatoms. The minimum atomic E-state index is 0.0911. The molecule has 0 aliphatic heterocycles. The molecule has 0 bridgehead atoms. The van der Waals surface area contributed by atoms with Crippen molar-refractivity contribution in [3.63, 3.8) is 0 Å². The molecule has 1 unspecified atom stereocenters. The summed E-state index contributed by atoms with van der Waals surface area (Å²) in [4.78, 5) is 0. The van der Waals surface area contributed by atoms with Gasteiger partial charge in [0.25, 0.3) is 0 Å². The average Bonchev–Trinajstić information content (AvgIpc) is 2.17. The Morgan fingerprint density at radius 3 is 2.33 bits per heavy atom. The van der Waals surface area contributed by atoms with Gasteiger partial charge in [-0.1, -0.05) is 57.7 Å². The summed E-state index contributed by atoms with van der Waals surface area (Å²) in [7, 11) is 1.76. The maximum absolute atomic E-state index is 5.60. The van der Waals surface area contributed by atoms with Crippen molar-refractivity contribution in [2.24, 2.45) is 5.41 Å². The summed E-state index contributed by atoms with van der Waals surface area (Å²) in [5.74, 6) is 0. The molecule has 1 rings (SSSR count). The standard InChI is InChI=1S/C14H20O/c1-6-11-9-7-8-10-12(11)13(15-5)14(2,3)4/h6-10,13H,1H2,2-5H3. The predicted molar refractivity (Wildman–Crippen MR) is 65.7 cm³/mol. The highest BCUT2D eigenvalue weighted by molar-refractivity contribution is 5.52. The molecule has 0 saturated heterocycles. The Kier molecular flexibility index (Phi) is 3.70. The predicted octanol–water partition coefficient (Wildman–Crippen LogP) is 4.06. The first-order chi connectivity index (χ1) is 7.00. The van der Waals surface area contributed by atoms with Crippen molar-refractivity contribution in [3.05, 3.63) is 42.0 Å². The second-order valence-electron chi connectivity index (χ2n) is 4.81. The first-order valence-electron chi connectivity index (χ1n) is 5.25. The van der Waals surface area contributed by atoms with Gasteiger partial charge in [-0.15, -0.1) is 0 Å². The zero-order valence-electron chi connectivity index (χ0n) is 10.1. The van der Waals surface area contributed by atoms with Crippen molar-refractivity contribution in [2.75, 3.05) is 7.11 Å². The second-order valence-corrected chi connectivity index (χ2v) is 4.81. The van der Waals surface area contributed by atoms with Crippen LogP contribution in [0.2, 0.25) is 0 Å². The quantitative estimate of drug-likeness (QED) is 0.721. The molecule has 1 atom stereocenters. The summed E-state index contributed by atoms with van der Waals surface area (Å²) >= 11 is 0. The third-order valence-corrected chi connectivity index (χ3v) is 2.52. The SMILES string of the molecule is C=Cc1ccccc1C(OC)C(C)(C)C. The summed E-state index contributed by atoms with van der Waals surface area (Å²) in [6.07, 6.45) is 1.99. The molecule has 0 fully saturated rings. The van der Waals surface area contributed by atoms with Gasteiger partial charge in [-0.05, 0) is 16.5 Å². The molecule has 1 aromatic rings. The van der Waals surface area contributed by atoms with Crippen molar-refractivity contribution in [3.8, 4) is 0 Å². The molecular formula is C14H20O. The van der Waals surface area contributed by atoms with Gasteiger partial charge in [-0.2, -0.15) is 0 Å². The van der Waals surface area contributed by atoms with E-state index >= 15 is 0 Å². The number of methoxy groups -OCH3 is 1. The van der Waals surface area contributed by atoms with Gasteiger partial charge >= 0.3 is 0 Å². The summed E-state index contributed by atoms with van der Waals surface area (Å²) in [5.41, 5.74) is 2.45. The maximum Gasteiger partial charge on any atom is 0.0875 e. The molecule has 82 valence electrons.